The third-order valence-corrected chi connectivity index (χ3v) is 2.65. The van der Waals surface area contributed by atoms with Crippen LogP contribution in [0.2, 0.25) is 0 Å². The fraction of sp³-hybridized carbons (Fsp3) is 0.500. The Kier molecular flexibility index (Phi) is 2.19. The molecule has 1 aliphatic heterocycles. The zero-order valence-corrected chi connectivity index (χ0v) is 7.90. The number of hydrogen-bond donors (Lipinski definition) is 1. The Morgan fingerprint density at radius 1 is 1.62 bits per heavy atom. The molecule has 1 unspecified atom stereocenters. The monoisotopic (exact) mass is 177 g/mol. The number of nitrogens with two attached hydrogens (primary N) is 1. The number of nitrogen functional groups attached to an aromatic ring is 1. The molecule has 1 aromatic rings. The molecule has 1 aliphatic rings. The van der Waals surface area contributed by atoms with Crippen molar-refractivity contribution in [3.8, 4) is 0 Å². The average molecular weight is 177 g/mol. The minimum atomic E-state index is 0.534. The molecule has 1 saturated heterocycles. The molecule has 1 fully saturated rings. The number of likely N-dealkylation sites (N-methyl/N-ethyl adjacent to an activating group) is 1. The van der Waals surface area contributed by atoms with Gasteiger partial charge >= 0.3 is 0 Å². The molecule has 2 heterocycles. The summed E-state index contributed by atoms with van der Waals surface area (Å²) < 4.78 is 0. The average Bonchev–Trinajstić information content (AvgIpc) is 2.53. The summed E-state index contributed by atoms with van der Waals surface area (Å²) >= 11 is 0. The van der Waals surface area contributed by atoms with Crippen LogP contribution in [0.1, 0.15) is 18.0 Å². The summed E-state index contributed by atoms with van der Waals surface area (Å²) in [7, 11) is 2.14. The van der Waals surface area contributed by atoms with Crippen molar-refractivity contribution in [2.75, 3.05) is 25.9 Å². The second kappa shape index (κ2) is 3.34. The smallest absolute Gasteiger partial charge is 0.0676 e. The van der Waals surface area contributed by atoms with Crippen LogP contribution in [0.25, 0.3) is 0 Å². The zero-order valence-electron chi connectivity index (χ0n) is 7.90. The van der Waals surface area contributed by atoms with Gasteiger partial charge < -0.3 is 10.6 Å². The maximum absolute atomic E-state index is 5.86. The van der Waals surface area contributed by atoms with Gasteiger partial charge in [-0.15, -0.1) is 0 Å². The Morgan fingerprint density at radius 3 is 3.08 bits per heavy atom. The predicted molar refractivity (Wildman–Crippen MR) is 53.5 cm³/mol. The van der Waals surface area contributed by atoms with Crippen LogP contribution >= 0.6 is 0 Å². The standard InChI is InChI=1S/C10H15N3/c1-13-6-4-8(7-13)10-9(11)3-2-5-12-10/h2-3,5,8H,4,6-7,11H2,1H3. The van der Waals surface area contributed by atoms with E-state index in [9.17, 15) is 0 Å². The molecule has 1 atom stereocenters. The molecule has 0 spiro atoms. The summed E-state index contributed by atoms with van der Waals surface area (Å²) in [5.74, 6) is 0.534. The van der Waals surface area contributed by atoms with Gasteiger partial charge in [0, 0.05) is 18.7 Å². The van der Waals surface area contributed by atoms with Crippen LogP contribution in [0, 0.1) is 0 Å². The quantitative estimate of drug-likeness (QED) is 0.698. The van der Waals surface area contributed by atoms with Crippen molar-refractivity contribution < 1.29 is 0 Å². The molecule has 3 heteroatoms. The van der Waals surface area contributed by atoms with Gasteiger partial charge in [0.05, 0.1) is 11.4 Å². The van der Waals surface area contributed by atoms with E-state index in [1.807, 2.05) is 18.3 Å². The number of aromatic nitrogens is 1. The van der Waals surface area contributed by atoms with E-state index >= 15 is 0 Å². The molecule has 0 aromatic carbocycles. The van der Waals surface area contributed by atoms with Crippen molar-refractivity contribution in [2.45, 2.75) is 12.3 Å². The number of rotatable bonds is 1. The number of pyridine rings is 1. The highest BCUT2D eigenvalue weighted by molar-refractivity contribution is 5.44. The lowest BCUT2D eigenvalue weighted by Gasteiger charge is -2.11. The Balaban J connectivity index is 2.21. The van der Waals surface area contributed by atoms with Crippen LogP contribution < -0.4 is 5.73 Å². The lowest BCUT2D eigenvalue weighted by Crippen LogP contribution is -2.14. The first-order chi connectivity index (χ1) is 6.27. The minimum absolute atomic E-state index is 0.534. The first kappa shape index (κ1) is 8.51. The van der Waals surface area contributed by atoms with Crippen LogP contribution in [0.5, 0.6) is 0 Å². The molecular formula is C10H15N3. The third-order valence-electron chi connectivity index (χ3n) is 2.65. The van der Waals surface area contributed by atoms with E-state index in [2.05, 4.69) is 16.9 Å². The lowest BCUT2D eigenvalue weighted by molar-refractivity contribution is 0.411. The van der Waals surface area contributed by atoms with Crippen LogP contribution in [0.3, 0.4) is 0 Å². The van der Waals surface area contributed by atoms with Crippen LogP contribution in [-0.2, 0) is 0 Å². The summed E-state index contributed by atoms with van der Waals surface area (Å²) in [6.07, 6.45) is 3.00. The summed E-state index contributed by atoms with van der Waals surface area (Å²) in [6.45, 7) is 2.24. The number of likely N-dealkylation sites (tertiary alicyclic amines) is 1. The van der Waals surface area contributed by atoms with Gasteiger partial charge in [-0.3, -0.25) is 4.98 Å². The molecular weight excluding hydrogens is 162 g/mol. The highest BCUT2D eigenvalue weighted by Gasteiger charge is 2.23. The molecule has 2 rings (SSSR count). The molecule has 0 saturated carbocycles. The van der Waals surface area contributed by atoms with Gasteiger partial charge in [-0.1, -0.05) is 0 Å². The van der Waals surface area contributed by atoms with Gasteiger partial charge in [0.1, 0.15) is 0 Å². The molecule has 0 radical (unpaired) electrons. The zero-order chi connectivity index (χ0) is 9.26. The summed E-state index contributed by atoms with van der Waals surface area (Å²) in [4.78, 5) is 6.66. The normalized spacial score (nSPS) is 23.6. The van der Waals surface area contributed by atoms with Crippen LogP contribution in [0.4, 0.5) is 5.69 Å². The molecule has 0 bridgehead atoms. The van der Waals surface area contributed by atoms with Crippen LogP contribution in [0.15, 0.2) is 18.3 Å². The van der Waals surface area contributed by atoms with Crippen molar-refractivity contribution in [2.24, 2.45) is 0 Å². The van der Waals surface area contributed by atoms with E-state index in [0.717, 1.165) is 24.5 Å². The number of hydrogen-bond acceptors (Lipinski definition) is 3. The van der Waals surface area contributed by atoms with Gasteiger partial charge in [0.25, 0.3) is 0 Å². The van der Waals surface area contributed by atoms with Crippen LogP contribution in [-0.4, -0.2) is 30.0 Å². The SMILES string of the molecule is CN1CCC(c2ncccc2N)C1. The van der Waals surface area contributed by atoms with Gasteiger partial charge in [-0.25, -0.2) is 0 Å². The first-order valence-electron chi connectivity index (χ1n) is 4.66. The van der Waals surface area contributed by atoms with E-state index in [-0.39, 0.29) is 0 Å². The predicted octanol–water partition coefficient (Wildman–Crippen LogP) is 1.08. The topological polar surface area (TPSA) is 42.2 Å². The lowest BCUT2D eigenvalue weighted by atomic mass is 10.0. The number of nitrogens with zero attached hydrogens (tertiary/aromatic N) is 2. The molecule has 13 heavy (non-hydrogen) atoms. The van der Waals surface area contributed by atoms with Crippen molar-refractivity contribution in [3.05, 3.63) is 24.0 Å². The molecule has 3 nitrogen and oxygen atoms in total. The van der Waals surface area contributed by atoms with Crippen molar-refractivity contribution in [3.63, 3.8) is 0 Å². The minimum Gasteiger partial charge on any atom is -0.397 e. The second-order valence-corrected chi connectivity index (χ2v) is 3.73. The summed E-state index contributed by atoms with van der Waals surface area (Å²) in [6, 6.07) is 3.82. The third kappa shape index (κ3) is 1.65. The van der Waals surface area contributed by atoms with E-state index in [1.165, 1.54) is 6.42 Å². The fourth-order valence-corrected chi connectivity index (χ4v) is 1.93. The van der Waals surface area contributed by atoms with Gasteiger partial charge in [0.2, 0.25) is 0 Å². The Bertz CT molecular complexity index is 298. The molecule has 1 aromatic heterocycles. The molecule has 70 valence electrons. The number of anilines is 1. The Hall–Kier alpha value is -1.09. The highest BCUT2D eigenvalue weighted by atomic mass is 15.1. The highest BCUT2D eigenvalue weighted by Crippen LogP contribution is 2.27. The molecule has 0 aliphatic carbocycles. The van der Waals surface area contributed by atoms with Crippen molar-refractivity contribution in [1.82, 2.24) is 9.88 Å². The first-order valence-corrected chi connectivity index (χ1v) is 4.66. The summed E-state index contributed by atoms with van der Waals surface area (Å²) in [5.41, 5.74) is 7.78. The maximum Gasteiger partial charge on any atom is 0.0676 e. The summed E-state index contributed by atoms with van der Waals surface area (Å²) in [5, 5.41) is 0. The van der Waals surface area contributed by atoms with E-state index < -0.39 is 0 Å². The van der Waals surface area contributed by atoms with Crippen molar-refractivity contribution >= 4 is 5.69 Å². The Morgan fingerprint density at radius 2 is 2.46 bits per heavy atom. The maximum atomic E-state index is 5.86. The van der Waals surface area contributed by atoms with Crippen molar-refractivity contribution in [1.29, 1.82) is 0 Å². The molecule has 0 amide bonds. The van der Waals surface area contributed by atoms with Gasteiger partial charge in [-0.05, 0) is 32.1 Å². The van der Waals surface area contributed by atoms with Gasteiger partial charge in [-0.2, -0.15) is 0 Å². The molecule has 2 N–H and O–H groups in total. The Labute approximate surface area is 78.6 Å². The second-order valence-electron chi connectivity index (χ2n) is 3.73. The van der Waals surface area contributed by atoms with E-state index in [4.69, 9.17) is 5.73 Å². The fourth-order valence-electron chi connectivity index (χ4n) is 1.93. The largest absolute Gasteiger partial charge is 0.397 e. The van der Waals surface area contributed by atoms with E-state index in [1.54, 1.807) is 0 Å². The van der Waals surface area contributed by atoms with Gasteiger partial charge in [0.15, 0.2) is 0 Å². The van der Waals surface area contributed by atoms with E-state index in [0.29, 0.717) is 5.92 Å².